The number of aromatic nitrogens is 2. The van der Waals surface area contributed by atoms with E-state index < -0.39 is 17.8 Å². The number of rotatable bonds is 6. The van der Waals surface area contributed by atoms with E-state index in [0.29, 0.717) is 6.42 Å². The Hall–Kier alpha value is -2.12. The van der Waals surface area contributed by atoms with Crippen LogP contribution in [-0.4, -0.2) is 39.2 Å². The predicted octanol–water partition coefficient (Wildman–Crippen LogP) is 0.255. The molecular weight excluding hydrogens is 264 g/mol. The number of urea groups is 1. The molecule has 1 unspecified atom stereocenters. The summed E-state index contributed by atoms with van der Waals surface area (Å²) in [7, 11) is 0. The minimum Gasteiger partial charge on any atom is -0.393 e. The summed E-state index contributed by atoms with van der Waals surface area (Å²) in [6.07, 6.45) is 2.49. The maximum Gasteiger partial charge on any atom is 0.437 e. The summed E-state index contributed by atoms with van der Waals surface area (Å²) in [4.78, 5) is 36.2. The van der Waals surface area contributed by atoms with E-state index in [-0.39, 0.29) is 24.9 Å². The quantitative estimate of drug-likeness (QED) is 0.754. The van der Waals surface area contributed by atoms with Gasteiger partial charge >= 0.3 is 11.8 Å². The molecular formula is C12H18N4O4. The molecule has 1 atom stereocenters. The zero-order chi connectivity index (χ0) is 14.7. The van der Waals surface area contributed by atoms with Gasteiger partial charge in [-0.15, -0.1) is 5.10 Å². The van der Waals surface area contributed by atoms with Crippen molar-refractivity contribution in [3.63, 3.8) is 0 Å². The highest BCUT2D eigenvalue weighted by Gasteiger charge is 2.37. The molecule has 0 spiro atoms. The van der Waals surface area contributed by atoms with Crippen LogP contribution >= 0.6 is 0 Å². The molecule has 0 radical (unpaired) electrons. The lowest BCUT2D eigenvalue weighted by atomic mass is 10.1. The first-order valence-corrected chi connectivity index (χ1v) is 6.69. The average Bonchev–Trinajstić information content (AvgIpc) is 2.85. The van der Waals surface area contributed by atoms with E-state index in [0.717, 1.165) is 22.4 Å². The van der Waals surface area contributed by atoms with Crippen LogP contribution in [0.5, 0.6) is 0 Å². The van der Waals surface area contributed by atoms with Crippen molar-refractivity contribution in [1.82, 2.24) is 20.0 Å². The summed E-state index contributed by atoms with van der Waals surface area (Å²) in [6, 6.07) is -0.859. The molecule has 0 bridgehead atoms. The number of nitrogens with one attached hydrogen (secondary N) is 1. The molecule has 1 N–H and O–H groups in total. The summed E-state index contributed by atoms with van der Waals surface area (Å²) >= 11 is 0. The summed E-state index contributed by atoms with van der Waals surface area (Å²) in [5.41, 5.74) is 0. The van der Waals surface area contributed by atoms with Crippen LogP contribution in [0.2, 0.25) is 0 Å². The van der Waals surface area contributed by atoms with Gasteiger partial charge in [0.05, 0.1) is 13.1 Å². The van der Waals surface area contributed by atoms with E-state index in [1.807, 2.05) is 6.92 Å². The van der Waals surface area contributed by atoms with Crippen molar-refractivity contribution in [3.8, 4) is 0 Å². The highest BCUT2D eigenvalue weighted by Crippen LogP contribution is 2.12. The Kier molecular flexibility index (Phi) is 4.21. The van der Waals surface area contributed by atoms with Crippen LogP contribution in [-0.2, 0) is 11.3 Å². The molecule has 0 aliphatic carbocycles. The number of amides is 3. The van der Waals surface area contributed by atoms with Crippen molar-refractivity contribution >= 4 is 11.9 Å². The zero-order valence-corrected chi connectivity index (χ0v) is 11.6. The topological polar surface area (TPSA) is 97.4 Å². The lowest BCUT2D eigenvalue weighted by Gasteiger charge is -2.12. The molecule has 0 aromatic carbocycles. The Bertz CT molecular complexity index is 562. The number of nitrogens with zero attached hydrogens (tertiary/aromatic N) is 3. The molecule has 2 heterocycles. The fourth-order valence-corrected chi connectivity index (χ4v) is 2.14. The molecule has 1 aliphatic rings. The summed E-state index contributed by atoms with van der Waals surface area (Å²) < 4.78 is 5.86. The van der Waals surface area contributed by atoms with Crippen LogP contribution in [0.3, 0.4) is 0 Å². The minimum atomic E-state index is -0.586. The Labute approximate surface area is 115 Å². The van der Waals surface area contributed by atoms with Crippen molar-refractivity contribution in [1.29, 1.82) is 0 Å². The van der Waals surface area contributed by atoms with Crippen molar-refractivity contribution < 1.29 is 14.0 Å². The second-order valence-corrected chi connectivity index (χ2v) is 4.74. The van der Waals surface area contributed by atoms with Gasteiger partial charge < -0.3 is 9.73 Å². The van der Waals surface area contributed by atoms with Crippen molar-refractivity contribution in [2.24, 2.45) is 0 Å². The lowest BCUT2D eigenvalue weighted by molar-refractivity contribution is -0.127. The molecule has 20 heavy (non-hydrogen) atoms. The van der Waals surface area contributed by atoms with Crippen LogP contribution in [0.1, 0.15) is 32.1 Å². The van der Waals surface area contributed by atoms with E-state index in [2.05, 4.69) is 10.4 Å². The van der Waals surface area contributed by atoms with E-state index in [4.69, 9.17) is 4.42 Å². The largest absolute Gasteiger partial charge is 0.437 e. The molecule has 2 rings (SSSR count). The van der Waals surface area contributed by atoms with Gasteiger partial charge in [-0.3, -0.25) is 9.69 Å². The van der Waals surface area contributed by atoms with Gasteiger partial charge in [-0.2, -0.15) is 4.68 Å². The summed E-state index contributed by atoms with van der Waals surface area (Å²) in [6.45, 7) is 3.83. The maximum absolute atomic E-state index is 12.0. The van der Waals surface area contributed by atoms with E-state index in [1.165, 1.54) is 0 Å². The molecule has 0 saturated carbocycles. The van der Waals surface area contributed by atoms with Crippen LogP contribution in [0.25, 0.3) is 0 Å². The third kappa shape index (κ3) is 2.89. The maximum atomic E-state index is 12.0. The molecule has 8 heteroatoms. The predicted molar refractivity (Wildman–Crippen MR) is 69.1 cm³/mol. The summed E-state index contributed by atoms with van der Waals surface area (Å²) in [5, 5.41) is 6.51. The van der Waals surface area contributed by atoms with Crippen molar-refractivity contribution in [3.05, 3.63) is 16.4 Å². The fourth-order valence-electron chi connectivity index (χ4n) is 2.14. The third-order valence-corrected chi connectivity index (χ3v) is 3.20. The van der Waals surface area contributed by atoms with E-state index in [1.54, 1.807) is 6.92 Å². The second kappa shape index (κ2) is 5.89. The highest BCUT2D eigenvalue weighted by molar-refractivity contribution is 6.04. The van der Waals surface area contributed by atoms with Gasteiger partial charge in [0.25, 0.3) is 5.91 Å². The van der Waals surface area contributed by atoms with Crippen LogP contribution < -0.4 is 11.1 Å². The first-order chi connectivity index (χ1) is 9.52. The molecule has 3 amide bonds. The second-order valence-electron chi connectivity index (χ2n) is 4.74. The average molecular weight is 282 g/mol. The van der Waals surface area contributed by atoms with Crippen LogP contribution in [0.4, 0.5) is 4.79 Å². The number of hydrogen-bond acceptors (Lipinski definition) is 5. The first kappa shape index (κ1) is 14.3. The van der Waals surface area contributed by atoms with E-state index >= 15 is 0 Å². The third-order valence-electron chi connectivity index (χ3n) is 3.20. The van der Waals surface area contributed by atoms with Gasteiger partial charge in [-0.05, 0) is 6.42 Å². The molecule has 1 saturated heterocycles. The molecule has 1 fully saturated rings. The Morgan fingerprint density at radius 2 is 2.05 bits per heavy atom. The fraction of sp³-hybridized carbons (Fsp3) is 0.667. The number of hydrogen-bond donors (Lipinski definition) is 1. The van der Waals surface area contributed by atoms with E-state index in [9.17, 15) is 14.4 Å². The molecule has 8 nitrogen and oxygen atoms in total. The smallest absolute Gasteiger partial charge is 0.393 e. The Morgan fingerprint density at radius 3 is 2.65 bits per heavy atom. The van der Waals surface area contributed by atoms with Crippen LogP contribution in [0.15, 0.2) is 9.21 Å². The first-order valence-electron chi connectivity index (χ1n) is 6.69. The molecule has 1 aromatic heterocycles. The van der Waals surface area contributed by atoms with Crippen molar-refractivity contribution in [2.45, 2.75) is 45.7 Å². The summed E-state index contributed by atoms with van der Waals surface area (Å²) in [5.74, 6) is -0.568. The minimum absolute atomic E-state index is 0.110. The molecule has 1 aliphatic heterocycles. The lowest BCUT2D eigenvalue weighted by Crippen LogP contribution is -2.36. The number of unbranched alkanes of at least 4 members (excludes halogenated alkanes) is 1. The Balaban J connectivity index is 1.96. The van der Waals surface area contributed by atoms with Gasteiger partial charge in [0.15, 0.2) is 0 Å². The number of aryl methyl sites for hydroxylation is 1. The van der Waals surface area contributed by atoms with Gasteiger partial charge in [-0.25, -0.2) is 9.59 Å². The molecule has 110 valence electrons. The monoisotopic (exact) mass is 282 g/mol. The van der Waals surface area contributed by atoms with Crippen LogP contribution in [0, 0.1) is 6.92 Å². The number of carbonyl (C=O) groups excluding carboxylic acids is 2. The number of carbonyl (C=O) groups is 2. The molecule has 1 aromatic rings. The van der Waals surface area contributed by atoms with Gasteiger partial charge in [0, 0.05) is 6.92 Å². The standard InChI is InChI=1S/C12H18N4O4/c1-3-4-5-9-10(17)15(11(18)13-9)6-7-16-12(19)20-8(2)14-16/h9H,3-7H2,1-2H3,(H,13,18). The van der Waals surface area contributed by atoms with Crippen molar-refractivity contribution in [2.75, 3.05) is 6.54 Å². The SMILES string of the molecule is CCCCC1NC(=O)N(CCn2nc(C)oc2=O)C1=O. The zero-order valence-electron chi connectivity index (χ0n) is 11.6. The number of imide groups is 1. The van der Waals surface area contributed by atoms with Gasteiger partial charge in [-0.1, -0.05) is 19.8 Å². The highest BCUT2D eigenvalue weighted by atomic mass is 16.4. The Morgan fingerprint density at radius 1 is 1.30 bits per heavy atom. The van der Waals surface area contributed by atoms with Gasteiger partial charge in [0.2, 0.25) is 5.89 Å². The normalized spacial score (nSPS) is 18.7. The van der Waals surface area contributed by atoms with Gasteiger partial charge in [0.1, 0.15) is 6.04 Å².